The minimum atomic E-state index is -0.933. The number of allylic oxidation sites excluding steroid dienone is 4. The minimum absolute atomic E-state index is 0.895. The summed E-state index contributed by atoms with van der Waals surface area (Å²) in [4.78, 5) is 0. The summed E-state index contributed by atoms with van der Waals surface area (Å²) >= 11 is 0. The van der Waals surface area contributed by atoms with E-state index in [-0.39, 0.29) is 0 Å². The average molecular weight is 204 g/mol. The van der Waals surface area contributed by atoms with Crippen molar-refractivity contribution in [3.05, 3.63) is 24.3 Å². The summed E-state index contributed by atoms with van der Waals surface area (Å²) < 4.78 is 0. The molecule has 0 aromatic rings. The fourth-order valence-corrected chi connectivity index (χ4v) is 6.20. The zero-order valence-electron chi connectivity index (χ0n) is 9.40. The molecule has 0 saturated heterocycles. The monoisotopic (exact) mass is 204 g/mol. The van der Waals surface area contributed by atoms with E-state index >= 15 is 0 Å². The molecule has 4 aliphatic rings. The van der Waals surface area contributed by atoms with Gasteiger partial charge in [-0.3, -0.25) is 0 Å². The van der Waals surface area contributed by atoms with Crippen LogP contribution in [0.25, 0.3) is 0 Å². The second-order valence-corrected chi connectivity index (χ2v) is 11.8. The van der Waals surface area contributed by atoms with E-state index in [0.717, 1.165) is 29.2 Å². The van der Waals surface area contributed by atoms with Gasteiger partial charge in [0, 0.05) is 8.07 Å². The first-order valence-corrected chi connectivity index (χ1v) is 9.52. The lowest BCUT2D eigenvalue weighted by Gasteiger charge is -2.54. The molecule has 0 aromatic heterocycles. The van der Waals surface area contributed by atoms with E-state index in [1.165, 1.54) is 6.42 Å². The molecule has 0 nitrogen and oxygen atoms in total. The molecule has 2 bridgehead atoms. The third-order valence-electron chi connectivity index (χ3n) is 4.62. The Hall–Kier alpha value is -0.303. The lowest BCUT2D eigenvalue weighted by atomic mass is 9.57. The SMILES string of the molecule is C[Si](C)(C)C1CC2C=CC1C1C=CC21. The molecular formula is C13H20Si. The molecule has 1 heteroatoms. The minimum Gasteiger partial charge on any atom is -0.0845 e. The van der Waals surface area contributed by atoms with Crippen molar-refractivity contribution in [3.8, 4) is 0 Å². The molecule has 4 aliphatic carbocycles. The van der Waals surface area contributed by atoms with Gasteiger partial charge in [-0.1, -0.05) is 43.9 Å². The number of fused-ring (bicyclic) bond motifs is 1. The first-order chi connectivity index (χ1) is 6.57. The Labute approximate surface area is 88.1 Å². The normalized spacial score (nSPS) is 48.9. The summed E-state index contributed by atoms with van der Waals surface area (Å²) in [6.45, 7) is 7.64. The maximum Gasteiger partial charge on any atom is 0.0480 e. The molecule has 0 amide bonds. The van der Waals surface area contributed by atoms with E-state index in [9.17, 15) is 0 Å². The highest BCUT2D eigenvalue weighted by molar-refractivity contribution is 6.77. The van der Waals surface area contributed by atoms with Crippen molar-refractivity contribution >= 4 is 8.07 Å². The zero-order chi connectivity index (χ0) is 9.92. The van der Waals surface area contributed by atoms with Crippen LogP contribution >= 0.6 is 0 Å². The van der Waals surface area contributed by atoms with Crippen molar-refractivity contribution < 1.29 is 0 Å². The Morgan fingerprint density at radius 1 is 0.857 bits per heavy atom. The Bertz CT molecular complexity index is 308. The Morgan fingerprint density at radius 3 is 2.00 bits per heavy atom. The Kier molecular flexibility index (Phi) is 1.68. The predicted octanol–water partition coefficient (Wildman–Crippen LogP) is 3.70. The van der Waals surface area contributed by atoms with Gasteiger partial charge in [0.2, 0.25) is 0 Å². The topological polar surface area (TPSA) is 0 Å². The first-order valence-electron chi connectivity index (χ1n) is 5.94. The van der Waals surface area contributed by atoms with Crippen molar-refractivity contribution in [2.24, 2.45) is 23.7 Å². The Balaban J connectivity index is 1.94. The van der Waals surface area contributed by atoms with Gasteiger partial charge in [-0.15, -0.1) is 0 Å². The molecule has 76 valence electrons. The van der Waals surface area contributed by atoms with Crippen LogP contribution in [0, 0.1) is 23.7 Å². The molecule has 4 rings (SSSR count). The van der Waals surface area contributed by atoms with Gasteiger partial charge < -0.3 is 0 Å². The zero-order valence-corrected chi connectivity index (χ0v) is 10.4. The van der Waals surface area contributed by atoms with Crippen molar-refractivity contribution in [2.75, 3.05) is 0 Å². The van der Waals surface area contributed by atoms with Crippen molar-refractivity contribution in [3.63, 3.8) is 0 Å². The quantitative estimate of drug-likeness (QED) is 0.451. The molecule has 0 radical (unpaired) electrons. The third-order valence-corrected chi connectivity index (χ3v) is 7.47. The van der Waals surface area contributed by atoms with Gasteiger partial charge in [0.1, 0.15) is 0 Å². The van der Waals surface area contributed by atoms with Crippen LogP contribution in [0.3, 0.4) is 0 Å². The fourth-order valence-electron chi connectivity index (χ4n) is 3.73. The molecule has 1 saturated carbocycles. The van der Waals surface area contributed by atoms with E-state index in [4.69, 9.17) is 0 Å². The Morgan fingerprint density at radius 2 is 1.50 bits per heavy atom. The summed E-state index contributed by atoms with van der Waals surface area (Å²) in [5.41, 5.74) is 1.05. The van der Waals surface area contributed by atoms with E-state index in [0.29, 0.717) is 0 Å². The van der Waals surface area contributed by atoms with E-state index in [1.807, 2.05) is 0 Å². The van der Waals surface area contributed by atoms with E-state index in [2.05, 4.69) is 43.9 Å². The highest BCUT2D eigenvalue weighted by Gasteiger charge is 2.50. The van der Waals surface area contributed by atoms with Gasteiger partial charge in [-0.05, 0) is 35.6 Å². The lowest BCUT2D eigenvalue weighted by Crippen LogP contribution is -2.48. The van der Waals surface area contributed by atoms with Crippen LogP contribution in [-0.2, 0) is 0 Å². The molecule has 0 heterocycles. The fraction of sp³-hybridized carbons (Fsp3) is 0.692. The molecular weight excluding hydrogens is 184 g/mol. The largest absolute Gasteiger partial charge is 0.0845 e. The van der Waals surface area contributed by atoms with Crippen LogP contribution < -0.4 is 0 Å². The van der Waals surface area contributed by atoms with Crippen molar-refractivity contribution in [1.82, 2.24) is 0 Å². The predicted molar refractivity (Wildman–Crippen MR) is 64.0 cm³/mol. The molecule has 0 aromatic carbocycles. The summed E-state index contributed by atoms with van der Waals surface area (Å²) in [7, 11) is -0.933. The summed E-state index contributed by atoms with van der Waals surface area (Å²) in [6, 6.07) is 0. The molecule has 14 heavy (non-hydrogen) atoms. The molecule has 0 N–H and O–H groups in total. The lowest BCUT2D eigenvalue weighted by molar-refractivity contribution is 0.169. The first kappa shape index (κ1) is 8.96. The van der Waals surface area contributed by atoms with Gasteiger partial charge in [0.25, 0.3) is 0 Å². The van der Waals surface area contributed by atoms with E-state index < -0.39 is 8.07 Å². The number of hydrogen-bond donors (Lipinski definition) is 0. The van der Waals surface area contributed by atoms with Crippen LogP contribution in [0.5, 0.6) is 0 Å². The van der Waals surface area contributed by atoms with Crippen LogP contribution in [0.4, 0.5) is 0 Å². The molecule has 5 unspecified atom stereocenters. The van der Waals surface area contributed by atoms with Crippen LogP contribution in [0.2, 0.25) is 25.2 Å². The third kappa shape index (κ3) is 1.05. The highest BCUT2D eigenvalue weighted by Crippen LogP contribution is 2.57. The summed E-state index contributed by atoms with van der Waals surface area (Å²) in [5.74, 6) is 3.65. The molecule has 5 atom stereocenters. The van der Waals surface area contributed by atoms with Gasteiger partial charge in [-0.25, -0.2) is 0 Å². The van der Waals surface area contributed by atoms with Crippen LogP contribution in [0.15, 0.2) is 24.3 Å². The van der Waals surface area contributed by atoms with E-state index in [1.54, 1.807) is 0 Å². The second kappa shape index (κ2) is 2.63. The summed E-state index contributed by atoms with van der Waals surface area (Å²) in [5, 5.41) is 0. The van der Waals surface area contributed by atoms with Crippen LogP contribution in [-0.4, -0.2) is 8.07 Å². The maximum atomic E-state index is 2.55. The summed E-state index contributed by atoms with van der Waals surface area (Å²) in [6.07, 6.45) is 11.5. The van der Waals surface area contributed by atoms with Gasteiger partial charge in [-0.2, -0.15) is 0 Å². The number of hydrogen-bond acceptors (Lipinski definition) is 0. The van der Waals surface area contributed by atoms with Gasteiger partial charge in [0.15, 0.2) is 0 Å². The van der Waals surface area contributed by atoms with Gasteiger partial charge >= 0.3 is 0 Å². The highest BCUT2D eigenvalue weighted by atomic mass is 28.3. The average Bonchev–Trinajstić information content (AvgIpc) is 2.01. The molecule has 1 fully saturated rings. The second-order valence-electron chi connectivity index (χ2n) is 6.37. The maximum absolute atomic E-state index is 2.55. The van der Waals surface area contributed by atoms with Crippen molar-refractivity contribution in [1.29, 1.82) is 0 Å². The number of rotatable bonds is 1. The van der Waals surface area contributed by atoms with Gasteiger partial charge in [0.05, 0.1) is 0 Å². The molecule has 0 aliphatic heterocycles. The smallest absolute Gasteiger partial charge is 0.0480 e. The molecule has 0 spiro atoms. The van der Waals surface area contributed by atoms with Crippen LogP contribution in [0.1, 0.15) is 6.42 Å². The standard InChI is InChI=1S/C13H20Si/c1-14(2,3)13-8-9-4-5-12(13)11-7-6-10(9)11/h4-7,9-13H,8H2,1-3H3. The van der Waals surface area contributed by atoms with Crippen molar-refractivity contribution in [2.45, 2.75) is 31.6 Å².